The maximum absolute atomic E-state index is 10.4. The zero-order chi connectivity index (χ0) is 14.4. The van der Waals surface area contributed by atoms with E-state index in [4.69, 9.17) is 4.74 Å². The molecule has 2 aromatic rings. The second-order valence-corrected chi connectivity index (χ2v) is 6.90. The molecule has 1 aliphatic heterocycles. The third-order valence-corrected chi connectivity index (χ3v) is 4.86. The second kappa shape index (κ2) is 5.15. The molecule has 2 aliphatic rings. The monoisotopic (exact) mass is 344 g/mol. The highest BCUT2D eigenvalue weighted by atomic mass is 79.9. The molecule has 1 heterocycles. The molecule has 0 aromatic heterocycles. The average Bonchev–Trinajstić information content (AvgIpc) is 3.33. The van der Waals surface area contributed by atoms with Crippen LogP contribution in [0.1, 0.15) is 54.1 Å². The smallest absolute Gasteiger partial charge is 0.127 e. The van der Waals surface area contributed by atoms with Crippen molar-refractivity contribution >= 4 is 15.9 Å². The zero-order valence-electron chi connectivity index (χ0n) is 11.6. The Labute approximate surface area is 132 Å². The number of aliphatic hydroxyl groups excluding tert-OH is 1. The van der Waals surface area contributed by atoms with Crippen LogP contribution in [0, 0.1) is 0 Å². The van der Waals surface area contributed by atoms with Gasteiger partial charge < -0.3 is 9.84 Å². The van der Waals surface area contributed by atoms with Crippen LogP contribution in [0.4, 0.5) is 0 Å². The van der Waals surface area contributed by atoms with Crippen LogP contribution in [0.2, 0.25) is 0 Å². The molecule has 21 heavy (non-hydrogen) atoms. The maximum atomic E-state index is 10.4. The first kappa shape index (κ1) is 13.4. The highest BCUT2D eigenvalue weighted by Crippen LogP contribution is 2.44. The van der Waals surface area contributed by atoms with E-state index in [2.05, 4.69) is 40.2 Å². The number of hydrogen-bond donors (Lipinski definition) is 1. The third-order valence-electron chi connectivity index (χ3n) is 4.37. The van der Waals surface area contributed by atoms with Gasteiger partial charge in [0.05, 0.1) is 6.10 Å². The summed E-state index contributed by atoms with van der Waals surface area (Å²) < 4.78 is 7.09. The zero-order valence-corrected chi connectivity index (χ0v) is 13.2. The maximum Gasteiger partial charge on any atom is 0.127 e. The summed E-state index contributed by atoms with van der Waals surface area (Å²) in [6.45, 7) is 0. The van der Waals surface area contributed by atoms with E-state index in [0.717, 1.165) is 21.7 Å². The van der Waals surface area contributed by atoms with Crippen molar-refractivity contribution in [1.82, 2.24) is 0 Å². The summed E-state index contributed by atoms with van der Waals surface area (Å²) in [5.41, 5.74) is 3.46. The molecule has 0 saturated heterocycles. The van der Waals surface area contributed by atoms with Gasteiger partial charge in [0.15, 0.2) is 0 Å². The van der Waals surface area contributed by atoms with Gasteiger partial charge in [-0.1, -0.05) is 40.2 Å². The number of halogens is 1. The molecule has 1 aliphatic carbocycles. The van der Waals surface area contributed by atoms with E-state index in [9.17, 15) is 5.11 Å². The molecule has 0 bridgehead atoms. The van der Waals surface area contributed by atoms with Gasteiger partial charge in [-0.2, -0.15) is 0 Å². The Balaban J connectivity index is 1.65. The summed E-state index contributed by atoms with van der Waals surface area (Å²) >= 11 is 3.44. The van der Waals surface area contributed by atoms with E-state index in [0.29, 0.717) is 6.42 Å². The summed E-state index contributed by atoms with van der Waals surface area (Å²) in [6.07, 6.45) is 2.67. The minimum Gasteiger partial charge on any atom is -0.485 e. The Morgan fingerprint density at radius 1 is 1.05 bits per heavy atom. The van der Waals surface area contributed by atoms with Gasteiger partial charge in [-0.3, -0.25) is 0 Å². The predicted molar refractivity (Wildman–Crippen MR) is 85.5 cm³/mol. The molecule has 1 fully saturated rings. The minimum atomic E-state index is -0.471. The van der Waals surface area contributed by atoms with E-state index < -0.39 is 6.10 Å². The van der Waals surface area contributed by atoms with Gasteiger partial charge in [0.1, 0.15) is 11.9 Å². The molecule has 0 amide bonds. The molecule has 4 rings (SSSR count). The Kier molecular flexibility index (Phi) is 3.27. The van der Waals surface area contributed by atoms with Crippen molar-refractivity contribution in [2.75, 3.05) is 0 Å². The molecular formula is C18H17BrO2. The first-order valence-electron chi connectivity index (χ1n) is 7.45. The van der Waals surface area contributed by atoms with Crippen molar-refractivity contribution in [3.05, 3.63) is 63.6 Å². The van der Waals surface area contributed by atoms with Gasteiger partial charge in [0, 0.05) is 16.5 Å². The van der Waals surface area contributed by atoms with Gasteiger partial charge >= 0.3 is 0 Å². The molecule has 1 saturated carbocycles. The lowest BCUT2D eigenvalue weighted by Crippen LogP contribution is -2.19. The molecule has 1 N–H and O–H groups in total. The molecular weight excluding hydrogens is 328 g/mol. The lowest BCUT2D eigenvalue weighted by molar-refractivity contribution is 0.0656. The summed E-state index contributed by atoms with van der Waals surface area (Å²) in [7, 11) is 0. The first-order valence-corrected chi connectivity index (χ1v) is 8.24. The van der Waals surface area contributed by atoms with Crippen molar-refractivity contribution in [3.8, 4) is 5.75 Å². The molecule has 2 nitrogen and oxygen atoms in total. The molecule has 0 spiro atoms. The van der Waals surface area contributed by atoms with Crippen LogP contribution in [0.5, 0.6) is 5.75 Å². The number of benzene rings is 2. The SMILES string of the molecule is O[C@@H]1CC(c2cccc(C3CC3)c2)Oc2ccc(Br)cc21. The molecule has 2 aromatic carbocycles. The lowest BCUT2D eigenvalue weighted by Gasteiger charge is -2.30. The fourth-order valence-electron chi connectivity index (χ4n) is 3.05. The molecule has 1 unspecified atom stereocenters. The molecule has 108 valence electrons. The van der Waals surface area contributed by atoms with Gasteiger partial charge in [-0.25, -0.2) is 0 Å². The second-order valence-electron chi connectivity index (χ2n) is 5.98. The van der Waals surface area contributed by atoms with Crippen LogP contribution in [-0.2, 0) is 0 Å². The first-order chi connectivity index (χ1) is 10.2. The largest absolute Gasteiger partial charge is 0.485 e. The van der Waals surface area contributed by atoms with E-state index in [-0.39, 0.29) is 6.10 Å². The Morgan fingerprint density at radius 3 is 2.67 bits per heavy atom. The van der Waals surface area contributed by atoms with Crippen molar-refractivity contribution in [1.29, 1.82) is 0 Å². The van der Waals surface area contributed by atoms with Gasteiger partial charge in [-0.05, 0) is 48.1 Å². The van der Waals surface area contributed by atoms with Gasteiger partial charge in [-0.15, -0.1) is 0 Å². The lowest BCUT2D eigenvalue weighted by atomic mass is 9.94. The van der Waals surface area contributed by atoms with Crippen molar-refractivity contribution in [3.63, 3.8) is 0 Å². The fraction of sp³-hybridized carbons (Fsp3) is 0.333. The van der Waals surface area contributed by atoms with Crippen LogP contribution in [-0.4, -0.2) is 5.11 Å². The quantitative estimate of drug-likeness (QED) is 0.840. The summed E-state index contributed by atoms with van der Waals surface area (Å²) in [6, 6.07) is 14.5. The third kappa shape index (κ3) is 2.60. The van der Waals surface area contributed by atoms with Crippen molar-refractivity contribution in [2.45, 2.75) is 37.4 Å². The summed E-state index contributed by atoms with van der Waals surface area (Å²) in [5, 5.41) is 10.4. The Morgan fingerprint density at radius 2 is 1.86 bits per heavy atom. The standard InChI is InChI=1S/C18H17BrO2/c19-14-6-7-17-15(9-14)16(20)10-18(21-17)13-3-1-2-12(8-13)11-4-5-11/h1-3,6-9,11,16,18,20H,4-5,10H2/t16-,18?/m1/s1. The predicted octanol–water partition coefficient (Wildman–Crippen LogP) is 4.88. The van der Waals surface area contributed by atoms with Crippen molar-refractivity contribution < 1.29 is 9.84 Å². The van der Waals surface area contributed by atoms with E-state index in [1.807, 2.05) is 18.2 Å². The molecule has 2 atom stereocenters. The summed E-state index contributed by atoms with van der Waals surface area (Å²) in [4.78, 5) is 0. The minimum absolute atomic E-state index is 0.0626. The summed E-state index contributed by atoms with van der Waals surface area (Å²) in [5.74, 6) is 1.53. The number of fused-ring (bicyclic) bond motifs is 1. The topological polar surface area (TPSA) is 29.5 Å². The normalized spacial score (nSPS) is 24.3. The van der Waals surface area contributed by atoms with Crippen LogP contribution < -0.4 is 4.74 Å². The number of hydrogen-bond acceptors (Lipinski definition) is 2. The van der Waals surface area contributed by atoms with E-state index in [1.54, 1.807) is 0 Å². The number of ether oxygens (including phenoxy) is 1. The highest BCUT2D eigenvalue weighted by Gasteiger charge is 2.29. The van der Waals surface area contributed by atoms with Crippen LogP contribution in [0.3, 0.4) is 0 Å². The van der Waals surface area contributed by atoms with Gasteiger partial charge in [0.2, 0.25) is 0 Å². The highest BCUT2D eigenvalue weighted by molar-refractivity contribution is 9.10. The Hall–Kier alpha value is -1.32. The van der Waals surface area contributed by atoms with Crippen LogP contribution in [0.15, 0.2) is 46.9 Å². The van der Waals surface area contributed by atoms with E-state index in [1.165, 1.54) is 24.0 Å². The number of aliphatic hydroxyl groups is 1. The Bertz CT molecular complexity index is 679. The van der Waals surface area contributed by atoms with Crippen LogP contribution >= 0.6 is 15.9 Å². The number of rotatable bonds is 2. The molecule has 3 heteroatoms. The van der Waals surface area contributed by atoms with Crippen molar-refractivity contribution in [2.24, 2.45) is 0 Å². The van der Waals surface area contributed by atoms with Crippen LogP contribution in [0.25, 0.3) is 0 Å². The average molecular weight is 345 g/mol. The fourth-order valence-corrected chi connectivity index (χ4v) is 3.43. The van der Waals surface area contributed by atoms with Gasteiger partial charge in [0.25, 0.3) is 0 Å². The van der Waals surface area contributed by atoms with E-state index >= 15 is 0 Å². The molecule has 0 radical (unpaired) electrons.